The summed E-state index contributed by atoms with van der Waals surface area (Å²) in [5.41, 5.74) is 1.52. The number of fused-ring (bicyclic) bond motifs is 1. The number of benzene rings is 1. The van der Waals surface area contributed by atoms with Gasteiger partial charge in [-0.05, 0) is 80.7 Å². The van der Waals surface area contributed by atoms with E-state index in [1.165, 1.54) is 0 Å². The SMILES string of the molecule is CCCC[S+]([O-])c1ccc(C(=O)C2C=CC3=CC(C(=O)OC(C)C)CCCN32)cc1. The van der Waals surface area contributed by atoms with Crippen LogP contribution in [0, 0.1) is 5.92 Å². The summed E-state index contributed by atoms with van der Waals surface area (Å²) in [7, 11) is 0. The molecule has 1 aromatic carbocycles. The lowest BCUT2D eigenvalue weighted by Crippen LogP contribution is -2.35. The lowest BCUT2D eigenvalue weighted by atomic mass is 10.0. The van der Waals surface area contributed by atoms with Crippen molar-refractivity contribution in [1.82, 2.24) is 4.90 Å². The number of hydrogen-bond acceptors (Lipinski definition) is 5. The van der Waals surface area contributed by atoms with Crippen molar-refractivity contribution in [2.75, 3.05) is 12.3 Å². The Morgan fingerprint density at radius 1 is 1.27 bits per heavy atom. The molecule has 0 aromatic heterocycles. The molecule has 0 aliphatic carbocycles. The Morgan fingerprint density at radius 3 is 2.67 bits per heavy atom. The smallest absolute Gasteiger partial charge is 0.313 e. The minimum Gasteiger partial charge on any atom is -0.611 e. The fraction of sp³-hybridized carbons (Fsp3) is 0.500. The molecule has 162 valence electrons. The number of unbranched alkanes of at least 4 members (excludes halogenated alkanes) is 1. The summed E-state index contributed by atoms with van der Waals surface area (Å²) in [6.07, 6.45) is 9.10. The number of ether oxygens (including phenoxy) is 1. The summed E-state index contributed by atoms with van der Waals surface area (Å²) in [4.78, 5) is 28.3. The molecule has 3 atom stereocenters. The predicted molar refractivity (Wildman–Crippen MR) is 119 cm³/mol. The molecular weight excluding hydrogens is 398 g/mol. The number of carbonyl (C=O) groups is 2. The van der Waals surface area contributed by atoms with Crippen LogP contribution in [0.1, 0.15) is 56.8 Å². The van der Waals surface area contributed by atoms with Crippen LogP contribution in [0.3, 0.4) is 0 Å². The second-order valence-corrected chi connectivity index (χ2v) is 9.69. The van der Waals surface area contributed by atoms with E-state index in [-0.39, 0.29) is 29.8 Å². The summed E-state index contributed by atoms with van der Waals surface area (Å²) >= 11 is -1.02. The molecule has 3 rings (SSSR count). The van der Waals surface area contributed by atoms with Crippen molar-refractivity contribution < 1.29 is 18.9 Å². The molecule has 3 unspecified atom stereocenters. The van der Waals surface area contributed by atoms with Crippen LogP contribution in [0.4, 0.5) is 0 Å². The highest BCUT2D eigenvalue weighted by atomic mass is 32.2. The Balaban J connectivity index is 1.70. The van der Waals surface area contributed by atoms with Gasteiger partial charge in [0.2, 0.25) is 0 Å². The molecule has 2 aliphatic rings. The van der Waals surface area contributed by atoms with Crippen LogP contribution >= 0.6 is 0 Å². The zero-order chi connectivity index (χ0) is 21.7. The minimum atomic E-state index is -1.02. The molecule has 2 aliphatic heterocycles. The first-order chi connectivity index (χ1) is 14.4. The maximum atomic E-state index is 13.1. The van der Waals surface area contributed by atoms with Crippen molar-refractivity contribution in [1.29, 1.82) is 0 Å². The highest BCUT2D eigenvalue weighted by Crippen LogP contribution is 2.30. The van der Waals surface area contributed by atoms with Gasteiger partial charge in [0.25, 0.3) is 0 Å². The summed E-state index contributed by atoms with van der Waals surface area (Å²) in [5, 5.41) is 0. The van der Waals surface area contributed by atoms with Crippen molar-refractivity contribution in [3.8, 4) is 0 Å². The van der Waals surface area contributed by atoms with Gasteiger partial charge in [-0.15, -0.1) is 0 Å². The fourth-order valence-corrected chi connectivity index (χ4v) is 5.04. The van der Waals surface area contributed by atoms with E-state index in [0.717, 1.165) is 42.8 Å². The molecule has 0 saturated heterocycles. The number of Topliss-reactive ketones (excluding diaryl/α,β-unsaturated/α-hetero) is 1. The van der Waals surface area contributed by atoms with E-state index in [0.29, 0.717) is 11.3 Å². The molecule has 0 saturated carbocycles. The van der Waals surface area contributed by atoms with E-state index < -0.39 is 11.2 Å². The van der Waals surface area contributed by atoms with Gasteiger partial charge in [0.15, 0.2) is 10.7 Å². The van der Waals surface area contributed by atoms with Crippen molar-refractivity contribution in [3.05, 3.63) is 53.8 Å². The van der Waals surface area contributed by atoms with Crippen molar-refractivity contribution in [2.45, 2.75) is 63.5 Å². The Hall–Kier alpha value is -2.05. The highest BCUT2D eigenvalue weighted by molar-refractivity contribution is 7.91. The van der Waals surface area contributed by atoms with Gasteiger partial charge in [-0.25, -0.2) is 0 Å². The molecule has 0 N–H and O–H groups in total. The topological polar surface area (TPSA) is 69.7 Å². The minimum absolute atomic E-state index is 0.0174. The van der Waals surface area contributed by atoms with Gasteiger partial charge in [-0.1, -0.05) is 19.4 Å². The number of rotatable bonds is 8. The molecule has 0 amide bonds. The van der Waals surface area contributed by atoms with E-state index in [9.17, 15) is 14.1 Å². The second kappa shape index (κ2) is 10.3. The van der Waals surface area contributed by atoms with Crippen LogP contribution in [0.2, 0.25) is 0 Å². The van der Waals surface area contributed by atoms with Crippen LogP contribution in [0.5, 0.6) is 0 Å². The van der Waals surface area contributed by atoms with Gasteiger partial charge in [0.1, 0.15) is 11.8 Å². The zero-order valence-corrected chi connectivity index (χ0v) is 18.8. The Bertz CT molecular complexity index is 815. The van der Waals surface area contributed by atoms with Gasteiger partial charge < -0.3 is 14.2 Å². The molecule has 0 bridgehead atoms. The van der Waals surface area contributed by atoms with Gasteiger partial charge in [-0.2, -0.15) is 0 Å². The first-order valence-corrected chi connectivity index (χ1v) is 12.1. The largest absolute Gasteiger partial charge is 0.611 e. The summed E-state index contributed by atoms with van der Waals surface area (Å²) in [6, 6.07) is 6.78. The fourth-order valence-electron chi connectivity index (χ4n) is 3.81. The Kier molecular flexibility index (Phi) is 7.78. The molecule has 0 spiro atoms. The Labute approximate surface area is 182 Å². The summed E-state index contributed by atoms with van der Waals surface area (Å²) in [5.74, 6) is 0.193. The van der Waals surface area contributed by atoms with E-state index in [2.05, 4.69) is 11.8 Å². The number of allylic oxidation sites excluding steroid dienone is 1. The number of esters is 1. The molecule has 0 fully saturated rings. The molecule has 0 radical (unpaired) electrons. The van der Waals surface area contributed by atoms with Gasteiger partial charge >= 0.3 is 5.97 Å². The average molecular weight is 430 g/mol. The number of ketones is 1. The predicted octanol–water partition coefficient (Wildman–Crippen LogP) is 4.26. The van der Waals surface area contributed by atoms with Gasteiger partial charge in [-0.3, -0.25) is 9.59 Å². The van der Waals surface area contributed by atoms with Crippen LogP contribution in [0.25, 0.3) is 0 Å². The summed E-state index contributed by atoms with van der Waals surface area (Å²) in [6.45, 7) is 6.50. The van der Waals surface area contributed by atoms with Gasteiger partial charge in [0, 0.05) is 17.8 Å². The maximum Gasteiger partial charge on any atom is 0.313 e. The lowest BCUT2D eigenvalue weighted by Gasteiger charge is -2.26. The Morgan fingerprint density at radius 2 is 2.00 bits per heavy atom. The standard InChI is InChI=1S/C24H31NO4S/c1-4-5-15-30(28)21-11-8-18(9-12-21)23(26)22-13-10-20-16-19(7-6-14-25(20)22)24(27)29-17(2)3/h8-13,16-17,19,22H,4-7,14-15H2,1-3H3. The third kappa shape index (κ3) is 5.35. The average Bonchev–Trinajstić information content (AvgIpc) is 3.00. The normalized spacial score (nSPS) is 21.8. The van der Waals surface area contributed by atoms with Crippen LogP contribution in [-0.4, -0.2) is 45.6 Å². The van der Waals surface area contributed by atoms with Crippen LogP contribution in [0.15, 0.2) is 53.1 Å². The second-order valence-electron chi connectivity index (χ2n) is 8.12. The maximum absolute atomic E-state index is 13.1. The van der Waals surface area contributed by atoms with Crippen molar-refractivity contribution >= 4 is 22.9 Å². The number of nitrogens with zero attached hydrogens (tertiary/aromatic N) is 1. The van der Waals surface area contributed by atoms with E-state index in [4.69, 9.17) is 4.74 Å². The monoisotopic (exact) mass is 429 g/mol. The molecule has 30 heavy (non-hydrogen) atoms. The van der Waals surface area contributed by atoms with E-state index in [1.54, 1.807) is 24.3 Å². The first-order valence-electron chi connectivity index (χ1n) is 10.8. The molecular formula is C24H31NO4S. The molecule has 6 heteroatoms. The molecule has 1 aromatic rings. The van der Waals surface area contributed by atoms with Crippen molar-refractivity contribution in [3.63, 3.8) is 0 Å². The van der Waals surface area contributed by atoms with E-state index in [1.807, 2.05) is 32.1 Å². The highest BCUT2D eigenvalue weighted by Gasteiger charge is 2.33. The summed E-state index contributed by atoms with van der Waals surface area (Å²) < 4.78 is 17.7. The third-order valence-corrected chi connectivity index (χ3v) is 6.87. The first kappa shape index (κ1) is 22.6. The van der Waals surface area contributed by atoms with Crippen LogP contribution < -0.4 is 0 Å². The van der Waals surface area contributed by atoms with Gasteiger partial charge in [0.05, 0.1) is 12.0 Å². The zero-order valence-electron chi connectivity index (χ0n) is 18.0. The number of carbonyl (C=O) groups excluding carboxylic acids is 2. The molecule has 2 heterocycles. The third-order valence-electron chi connectivity index (χ3n) is 5.41. The van der Waals surface area contributed by atoms with Crippen molar-refractivity contribution in [2.24, 2.45) is 5.92 Å². The number of hydrogen-bond donors (Lipinski definition) is 0. The van der Waals surface area contributed by atoms with E-state index >= 15 is 0 Å². The lowest BCUT2D eigenvalue weighted by molar-refractivity contribution is -0.150. The molecule has 5 nitrogen and oxygen atoms in total. The van der Waals surface area contributed by atoms with Crippen LogP contribution in [-0.2, 0) is 20.7 Å². The quantitative estimate of drug-likeness (QED) is 0.351.